The largest absolute Gasteiger partial charge is 0.378 e. The smallest absolute Gasteiger partial charge is 0.329 e. The molecule has 1 aliphatic heterocycles. The first-order valence-corrected chi connectivity index (χ1v) is 8.18. The van der Waals surface area contributed by atoms with Crippen molar-refractivity contribution < 1.29 is 9.59 Å². The lowest BCUT2D eigenvalue weighted by molar-refractivity contribution is -0.123. The van der Waals surface area contributed by atoms with Crippen LogP contribution in [0.5, 0.6) is 0 Å². The Labute approximate surface area is 151 Å². The third-order valence-corrected chi connectivity index (χ3v) is 4.19. The molecule has 0 bridgehead atoms. The van der Waals surface area contributed by atoms with Crippen LogP contribution in [0.25, 0.3) is 6.08 Å². The predicted molar refractivity (Wildman–Crippen MR) is 99.3 cm³/mol. The van der Waals surface area contributed by atoms with Crippen molar-refractivity contribution in [2.24, 2.45) is 0 Å². The maximum Gasteiger partial charge on any atom is 0.329 e. The van der Waals surface area contributed by atoms with Gasteiger partial charge in [0.15, 0.2) is 0 Å². The summed E-state index contributed by atoms with van der Waals surface area (Å²) in [5, 5.41) is 3.25. The van der Waals surface area contributed by atoms with Crippen LogP contribution in [0.4, 0.5) is 10.5 Å². The van der Waals surface area contributed by atoms with Crippen LogP contribution in [0.15, 0.2) is 54.2 Å². The highest BCUT2D eigenvalue weighted by Crippen LogP contribution is 2.19. The van der Waals surface area contributed by atoms with E-state index in [4.69, 9.17) is 11.6 Å². The molecular weight excluding hydrogens is 338 g/mol. The molecule has 6 heteroatoms. The van der Waals surface area contributed by atoms with Crippen LogP contribution in [-0.2, 0) is 11.3 Å². The number of benzene rings is 2. The molecule has 0 radical (unpaired) electrons. The van der Waals surface area contributed by atoms with Crippen LogP contribution in [0.3, 0.4) is 0 Å². The van der Waals surface area contributed by atoms with Crippen molar-refractivity contribution in [1.82, 2.24) is 10.2 Å². The fourth-order valence-corrected chi connectivity index (χ4v) is 2.65. The number of hydrogen-bond acceptors (Lipinski definition) is 3. The van der Waals surface area contributed by atoms with Crippen LogP contribution in [0.2, 0.25) is 5.02 Å². The third-order valence-electron chi connectivity index (χ3n) is 3.94. The zero-order chi connectivity index (χ0) is 18.0. The minimum atomic E-state index is -0.420. The Morgan fingerprint density at radius 1 is 1.04 bits per heavy atom. The molecule has 5 nitrogen and oxygen atoms in total. The van der Waals surface area contributed by atoms with Gasteiger partial charge in [-0.05, 0) is 41.5 Å². The number of carbonyl (C=O) groups excluding carboxylic acids is 2. The molecule has 128 valence electrons. The molecule has 1 heterocycles. The number of nitrogens with zero attached hydrogens (tertiary/aromatic N) is 2. The number of imide groups is 1. The highest BCUT2D eigenvalue weighted by Gasteiger charge is 2.33. The molecule has 25 heavy (non-hydrogen) atoms. The molecule has 2 aromatic rings. The summed E-state index contributed by atoms with van der Waals surface area (Å²) >= 11 is 5.86. The van der Waals surface area contributed by atoms with Crippen molar-refractivity contribution in [3.63, 3.8) is 0 Å². The van der Waals surface area contributed by atoms with E-state index in [2.05, 4.69) is 5.32 Å². The fraction of sp³-hybridized carbons (Fsp3) is 0.158. The maximum absolute atomic E-state index is 12.5. The van der Waals surface area contributed by atoms with E-state index in [9.17, 15) is 9.59 Å². The second kappa shape index (κ2) is 6.99. The Kier molecular flexibility index (Phi) is 4.76. The lowest BCUT2D eigenvalue weighted by Gasteiger charge is -2.12. The summed E-state index contributed by atoms with van der Waals surface area (Å²) in [7, 11) is 3.92. The Balaban J connectivity index is 1.77. The van der Waals surface area contributed by atoms with E-state index in [-0.39, 0.29) is 18.1 Å². The van der Waals surface area contributed by atoms with Gasteiger partial charge in [-0.2, -0.15) is 0 Å². The molecule has 0 spiro atoms. The molecule has 2 aromatic carbocycles. The van der Waals surface area contributed by atoms with Gasteiger partial charge in [-0.15, -0.1) is 0 Å². The van der Waals surface area contributed by atoms with Gasteiger partial charge in [-0.3, -0.25) is 9.69 Å². The first-order valence-electron chi connectivity index (χ1n) is 7.80. The quantitative estimate of drug-likeness (QED) is 0.674. The normalized spacial score (nSPS) is 15.6. The highest BCUT2D eigenvalue weighted by molar-refractivity contribution is 6.30. The number of halogens is 1. The minimum absolute atomic E-state index is 0.207. The molecule has 3 rings (SSSR count). The molecule has 0 atom stereocenters. The van der Waals surface area contributed by atoms with Gasteiger partial charge in [-0.1, -0.05) is 35.9 Å². The summed E-state index contributed by atoms with van der Waals surface area (Å²) in [6, 6.07) is 14.4. The summed E-state index contributed by atoms with van der Waals surface area (Å²) in [5.41, 5.74) is 3.02. The molecule has 0 saturated carbocycles. The minimum Gasteiger partial charge on any atom is -0.378 e. The zero-order valence-corrected chi connectivity index (χ0v) is 14.7. The molecule has 3 amide bonds. The van der Waals surface area contributed by atoms with Gasteiger partial charge >= 0.3 is 6.03 Å². The van der Waals surface area contributed by atoms with E-state index in [0.717, 1.165) is 16.8 Å². The summed E-state index contributed by atoms with van der Waals surface area (Å²) in [6.07, 6.45) is 1.68. The average Bonchev–Trinajstić information content (AvgIpc) is 2.85. The molecule has 0 aliphatic carbocycles. The van der Waals surface area contributed by atoms with E-state index in [1.807, 2.05) is 43.3 Å². The van der Waals surface area contributed by atoms with E-state index in [1.165, 1.54) is 4.90 Å². The van der Waals surface area contributed by atoms with E-state index < -0.39 is 6.03 Å². The number of hydrogen-bond donors (Lipinski definition) is 1. The number of amides is 3. The van der Waals surface area contributed by atoms with Gasteiger partial charge < -0.3 is 10.2 Å². The number of carbonyl (C=O) groups is 2. The fourth-order valence-electron chi connectivity index (χ4n) is 2.52. The molecule has 1 N–H and O–H groups in total. The van der Waals surface area contributed by atoms with Crippen LogP contribution in [-0.4, -0.2) is 30.9 Å². The molecule has 0 unspecified atom stereocenters. The molecule has 1 fully saturated rings. The van der Waals surface area contributed by atoms with Gasteiger partial charge in [0.1, 0.15) is 5.70 Å². The molecule has 1 aliphatic rings. The Hall–Kier alpha value is -2.79. The van der Waals surface area contributed by atoms with Crippen molar-refractivity contribution in [2.75, 3.05) is 19.0 Å². The average molecular weight is 356 g/mol. The van der Waals surface area contributed by atoms with Gasteiger partial charge in [0.2, 0.25) is 0 Å². The summed E-state index contributed by atoms with van der Waals surface area (Å²) in [6.45, 7) is 0.207. The van der Waals surface area contributed by atoms with E-state index >= 15 is 0 Å². The van der Waals surface area contributed by atoms with E-state index in [1.54, 1.807) is 30.3 Å². The van der Waals surface area contributed by atoms with Gasteiger partial charge in [0.25, 0.3) is 5.91 Å². The van der Waals surface area contributed by atoms with Crippen molar-refractivity contribution in [1.29, 1.82) is 0 Å². The van der Waals surface area contributed by atoms with Crippen LogP contribution < -0.4 is 10.2 Å². The number of anilines is 1. The second-order valence-electron chi connectivity index (χ2n) is 5.99. The molecule has 1 saturated heterocycles. The standard InChI is InChI=1S/C19H18ClN3O2/c1-22(2)16-9-5-13(6-10-16)11-17-18(24)23(19(25)21-17)12-14-3-7-15(20)8-4-14/h3-11H,12H2,1-2H3,(H,21,25)/b17-11-. The monoisotopic (exact) mass is 355 g/mol. The number of urea groups is 1. The van der Waals surface area contributed by atoms with Crippen LogP contribution in [0.1, 0.15) is 11.1 Å². The van der Waals surface area contributed by atoms with Crippen LogP contribution in [0, 0.1) is 0 Å². The predicted octanol–water partition coefficient (Wildman–Crippen LogP) is 3.50. The van der Waals surface area contributed by atoms with Crippen molar-refractivity contribution in [3.05, 3.63) is 70.4 Å². The Morgan fingerprint density at radius 2 is 1.68 bits per heavy atom. The Morgan fingerprint density at radius 3 is 2.28 bits per heavy atom. The summed E-state index contributed by atoms with van der Waals surface area (Å²) < 4.78 is 0. The lowest BCUT2D eigenvalue weighted by Crippen LogP contribution is -2.30. The van der Waals surface area contributed by atoms with E-state index in [0.29, 0.717) is 5.02 Å². The molecular formula is C19H18ClN3O2. The Bertz CT molecular complexity index is 827. The van der Waals surface area contributed by atoms with Crippen molar-refractivity contribution in [3.8, 4) is 0 Å². The van der Waals surface area contributed by atoms with Gasteiger partial charge in [-0.25, -0.2) is 4.79 Å². The number of rotatable bonds is 4. The topological polar surface area (TPSA) is 52.7 Å². The second-order valence-corrected chi connectivity index (χ2v) is 6.43. The van der Waals surface area contributed by atoms with Crippen molar-refractivity contribution >= 4 is 35.3 Å². The van der Waals surface area contributed by atoms with Crippen LogP contribution >= 0.6 is 11.6 Å². The molecule has 0 aromatic heterocycles. The summed E-state index contributed by atoms with van der Waals surface area (Å²) in [5.74, 6) is -0.336. The maximum atomic E-state index is 12.5. The van der Waals surface area contributed by atoms with Crippen molar-refractivity contribution in [2.45, 2.75) is 6.54 Å². The first-order chi connectivity index (χ1) is 11.9. The lowest BCUT2D eigenvalue weighted by atomic mass is 10.1. The summed E-state index contributed by atoms with van der Waals surface area (Å²) in [4.78, 5) is 27.8. The number of nitrogens with one attached hydrogen (secondary N) is 1. The SMILES string of the molecule is CN(C)c1ccc(/C=C2\NC(=O)N(Cc3ccc(Cl)cc3)C2=O)cc1. The third kappa shape index (κ3) is 3.83. The highest BCUT2D eigenvalue weighted by atomic mass is 35.5. The first kappa shape index (κ1) is 17.0. The van der Waals surface area contributed by atoms with Gasteiger partial charge in [0, 0.05) is 24.8 Å². The zero-order valence-electron chi connectivity index (χ0n) is 14.0. The van der Waals surface area contributed by atoms with Gasteiger partial charge in [0.05, 0.1) is 6.54 Å².